The Bertz CT molecular complexity index is 520. The molecule has 0 fully saturated rings. The second-order valence-corrected chi connectivity index (χ2v) is 4.33. The maximum Gasteiger partial charge on any atom is 0.211 e. The van der Waals surface area contributed by atoms with Crippen LogP contribution in [0, 0.1) is 6.92 Å². The molecule has 0 bridgehead atoms. The van der Waals surface area contributed by atoms with Crippen molar-refractivity contribution in [1.82, 2.24) is 15.1 Å². The van der Waals surface area contributed by atoms with Gasteiger partial charge >= 0.3 is 0 Å². The molecule has 0 radical (unpaired) electrons. The fourth-order valence-electron chi connectivity index (χ4n) is 1.92. The van der Waals surface area contributed by atoms with Crippen molar-refractivity contribution in [3.63, 3.8) is 0 Å². The van der Waals surface area contributed by atoms with E-state index in [1.807, 2.05) is 13.1 Å². The third kappa shape index (κ3) is 2.90. The second kappa shape index (κ2) is 5.69. The van der Waals surface area contributed by atoms with Gasteiger partial charge in [0, 0.05) is 26.2 Å². The van der Waals surface area contributed by atoms with Gasteiger partial charge in [0.25, 0.3) is 0 Å². The predicted octanol–water partition coefficient (Wildman–Crippen LogP) is 2.03. The Balaban J connectivity index is 1.90. The van der Waals surface area contributed by atoms with E-state index in [-0.39, 0.29) is 0 Å². The smallest absolute Gasteiger partial charge is 0.211 e. The first kappa shape index (κ1) is 12.6. The van der Waals surface area contributed by atoms with Gasteiger partial charge in [0.1, 0.15) is 0 Å². The molecule has 1 aromatic heterocycles. The van der Waals surface area contributed by atoms with Crippen LogP contribution in [0.3, 0.4) is 0 Å². The van der Waals surface area contributed by atoms with Gasteiger partial charge < -0.3 is 10.1 Å². The van der Waals surface area contributed by atoms with E-state index in [9.17, 15) is 0 Å². The third-order valence-corrected chi connectivity index (χ3v) is 2.98. The van der Waals surface area contributed by atoms with E-state index < -0.39 is 0 Å². The summed E-state index contributed by atoms with van der Waals surface area (Å²) in [5, 5.41) is 7.76. The maximum absolute atomic E-state index is 5.18. The minimum absolute atomic E-state index is 0.742. The number of hydrogen-bond donors (Lipinski definition) is 1. The molecular weight excluding hydrogens is 226 g/mol. The average molecular weight is 245 g/mol. The van der Waals surface area contributed by atoms with Gasteiger partial charge in [0.05, 0.1) is 12.8 Å². The van der Waals surface area contributed by atoms with Crippen LogP contribution in [0.2, 0.25) is 0 Å². The van der Waals surface area contributed by atoms with Gasteiger partial charge in [-0.2, -0.15) is 5.10 Å². The number of benzene rings is 1. The van der Waals surface area contributed by atoms with Crippen LogP contribution in [-0.4, -0.2) is 16.9 Å². The molecule has 18 heavy (non-hydrogen) atoms. The average Bonchev–Trinajstić information content (AvgIpc) is 2.72. The molecule has 0 aliphatic carbocycles. The molecule has 0 aliphatic rings. The van der Waals surface area contributed by atoms with Crippen molar-refractivity contribution >= 4 is 0 Å². The number of hydrogen-bond acceptors (Lipinski definition) is 3. The Morgan fingerprint density at radius 1 is 1.28 bits per heavy atom. The molecule has 4 heteroatoms. The van der Waals surface area contributed by atoms with Crippen LogP contribution in [0.25, 0.3) is 0 Å². The number of nitrogens with one attached hydrogen (secondary N) is 1. The van der Waals surface area contributed by atoms with Gasteiger partial charge in [-0.3, -0.25) is 0 Å². The quantitative estimate of drug-likeness (QED) is 0.876. The van der Waals surface area contributed by atoms with Crippen molar-refractivity contribution in [2.75, 3.05) is 7.11 Å². The zero-order chi connectivity index (χ0) is 13.0. The number of nitrogens with zero attached hydrogens (tertiary/aromatic N) is 2. The Kier molecular flexibility index (Phi) is 3.99. The molecule has 0 saturated heterocycles. The summed E-state index contributed by atoms with van der Waals surface area (Å²) in [5.41, 5.74) is 3.62. The first-order chi connectivity index (χ1) is 8.70. The summed E-state index contributed by atoms with van der Waals surface area (Å²) in [6.45, 7) is 3.72. The SMILES string of the molecule is COc1cc(CNCc2ccccc2C)nn1C. The van der Waals surface area contributed by atoms with Crippen LogP contribution >= 0.6 is 0 Å². The zero-order valence-electron chi connectivity index (χ0n) is 11.1. The summed E-state index contributed by atoms with van der Waals surface area (Å²) in [4.78, 5) is 0. The zero-order valence-corrected chi connectivity index (χ0v) is 11.1. The molecule has 0 saturated carbocycles. The van der Waals surface area contributed by atoms with Gasteiger partial charge in [-0.25, -0.2) is 4.68 Å². The second-order valence-electron chi connectivity index (χ2n) is 4.33. The lowest BCUT2D eigenvalue weighted by Crippen LogP contribution is -2.14. The summed E-state index contributed by atoms with van der Waals surface area (Å²) >= 11 is 0. The molecule has 1 N–H and O–H groups in total. The minimum atomic E-state index is 0.742. The normalized spacial score (nSPS) is 10.6. The van der Waals surface area contributed by atoms with Crippen molar-refractivity contribution in [3.05, 3.63) is 47.2 Å². The lowest BCUT2D eigenvalue weighted by Gasteiger charge is -2.05. The number of aromatic nitrogens is 2. The first-order valence-corrected chi connectivity index (χ1v) is 6.03. The molecule has 0 spiro atoms. The molecule has 2 rings (SSSR count). The maximum atomic E-state index is 5.18. The highest BCUT2D eigenvalue weighted by Gasteiger charge is 2.04. The Morgan fingerprint density at radius 3 is 2.72 bits per heavy atom. The summed E-state index contributed by atoms with van der Waals surface area (Å²) in [5.74, 6) is 0.780. The van der Waals surface area contributed by atoms with E-state index in [0.717, 1.165) is 24.7 Å². The van der Waals surface area contributed by atoms with Crippen molar-refractivity contribution in [2.45, 2.75) is 20.0 Å². The van der Waals surface area contributed by atoms with Gasteiger partial charge in [0.15, 0.2) is 0 Å². The van der Waals surface area contributed by atoms with E-state index >= 15 is 0 Å². The van der Waals surface area contributed by atoms with E-state index in [1.54, 1.807) is 11.8 Å². The van der Waals surface area contributed by atoms with E-state index in [2.05, 4.69) is 41.6 Å². The fourth-order valence-corrected chi connectivity index (χ4v) is 1.92. The standard InChI is InChI=1S/C14H19N3O/c1-11-6-4-5-7-12(11)9-15-10-13-8-14(18-3)17(2)16-13/h4-8,15H,9-10H2,1-3H3. The number of aryl methyl sites for hydroxylation is 2. The molecule has 0 amide bonds. The Morgan fingerprint density at radius 2 is 2.06 bits per heavy atom. The third-order valence-electron chi connectivity index (χ3n) is 2.98. The highest BCUT2D eigenvalue weighted by Crippen LogP contribution is 2.11. The van der Waals surface area contributed by atoms with Gasteiger partial charge in [-0.05, 0) is 18.1 Å². The van der Waals surface area contributed by atoms with E-state index in [4.69, 9.17) is 4.74 Å². The van der Waals surface area contributed by atoms with Crippen molar-refractivity contribution < 1.29 is 4.74 Å². The number of rotatable bonds is 5. The monoisotopic (exact) mass is 245 g/mol. The highest BCUT2D eigenvalue weighted by molar-refractivity contribution is 5.25. The molecule has 0 aliphatic heterocycles. The fraction of sp³-hybridized carbons (Fsp3) is 0.357. The molecule has 96 valence electrons. The van der Waals surface area contributed by atoms with E-state index in [0.29, 0.717) is 0 Å². The van der Waals surface area contributed by atoms with Crippen LogP contribution in [0.1, 0.15) is 16.8 Å². The lowest BCUT2D eigenvalue weighted by molar-refractivity contribution is 0.373. The van der Waals surface area contributed by atoms with Crippen LogP contribution < -0.4 is 10.1 Å². The van der Waals surface area contributed by atoms with Crippen molar-refractivity contribution in [1.29, 1.82) is 0 Å². The summed E-state index contributed by atoms with van der Waals surface area (Å²) in [6, 6.07) is 10.3. The van der Waals surface area contributed by atoms with Crippen LogP contribution in [0.4, 0.5) is 0 Å². The first-order valence-electron chi connectivity index (χ1n) is 6.03. The molecule has 0 atom stereocenters. The Labute approximate surface area is 108 Å². The number of methoxy groups -OCH3 is 1. The minimum Gasteiger partial charge on any atom is -0.481 e. The number of ether oxygens (including phenoxy) is 1. The topological polar surface area (TPSA) is 39.1 Å². The highest BCUT2D eigenvalue weighted by atomic mass is 16.5. The molecule has 1 aromatic carbocycles. The summed E-state index contributed by atoms with van der Waals surface area (Å²) < 4.78 is 6.92. The summed E-state index contributed by atoms with van der Waals surface area (Å²) in [7, 11) is 3.53. The van der Waals surface area contributed by atoms with Gasteiger partial charge in [-0.15, -0.1) is 0 Å². The molecule has 2 aromatic rings. The van der Waals surface area contributed by atoms with Crippen LogP contribution in [-0.2, 0) is 20.1 Å². The van der Waals surface area contributed by atoms with Crippen molar-refractivity contribution in [2.24, 2.45) is 7.05 Å². The van der Waals surface area contributed by atoms with Crippen LogP contribution in [0.5, 0.6) is 5.88 Å². The van der Waals surface area contributed by atoms with Crippen LogP contribution in [0.15, 0.2) is 30.3 Å². The summed E-state index contributed by atoms with van der Waals surface area (Å²) in [6.07, 6.45) is 0. The van der Waals surface area contributed by atoms with Gasteiger partial charge in [0.2, 0.25) is 5.88 Å². The predicted molar refractivity (Wildman–Crippen MR) is 71.5 cm³/mol. The van der Waals surface area contributed by atoms with E-state index in [1.165, 1.54) is 11.1 Å². The Hall–Kier alpha value is -1.81. The molecule has 4 nitrogen and oxygen atoms in total. The molecular formula is C14H19N3O. The van der Waals surface area contributed by atoms with Crippen molar-refractivity contribution in [3.8, 4) is 5.88 Å². The largest absolute Gasteiger partial charge is 0.481 e. The molecule has 1 heterocycles. The molecule has 0 unspecified atom stereocenters. The lowest BCUT2D eigenvalue weighted by atomic mass is 10.1. The van der Waals surface area contributed by atoms with Gasteiger partial charge in [-0.1, -0.05) is 24.3 Å².